The molecule has 4 heteroatoms. The molecular weight excluding hydrogens is 274 g/mol. The van der Waals surface area contributed by atoms with Gasteiger partial charge in [0.25, 0.3) is 0 Å². The highest BCUT2D eigenvalue weighted by molar-refractivity contribution is 6.30. The Morgan fingerprint density at radius 1 is 1.00 bits per heavy atom. The molecule has 0 bridgehead atoms. The van der Waals surface area contributed by atoms with Crippen LogP contribution in [0.15, 0.2) is 60.7 Å². The number of hydrogen-bond acceptors (Lipinski definition) is 2. The van der Waals surface area contributed by atoms with E-state index in [1.165, 1.54) is 0 Å². The molecule has 0 radical (unpaired) electrons. The van der Waals surface area contributed by atoms with Crippen LogP contribution in [0.25, 0.3) is 0 Å². The summed E-state index contributed by atoms with van der Waals surface area (Å²) < 4.78 is 0. The van der Waals surface area contributed by atoms with Gasteiger partial charge in [0.1, 0.15) is 5.38 Å². The first-order valence-corrected chi connectivity index (χ1v) is 6.81. The molecule has 20 heavy (non-hydrogen) atoms. The first kappa shape index (κ1) is 14.6. The van der Waals surface area contributed by atoms with E-state index in [4.69, 9.17) is 11.6 Å². The maximum Gasteiger partial charge on any atom is 0.243 e. The summed E-state index contributed by atoms with van der Waals surface area (Å²) in [4.78, 5) is 12.1. The Hall–Kier alpha value is -1.84. The van der Waals surface area contributed by atoms with Gasteiger partial charge in [-0.25, -0.2) is 0 Å². The molecule has 2 aromatic rings. The summed E-state index contributed by atoms with van der Waals surface area (Å²) in [6.07, 6.45) is 0. The Balaban J connectivity index is 2.06. The van der Waals surface area contributed by atoms with Crippen LogP contribution in [0, 0.1) is 0 Å². The molecule has 0 spiro atoms. The highest BCUT2D eigenvalue weighted by atomic mass is 35.5. The molecule has 2 aromatic carbocycles. The monoisotopic (exact) mass is 289 g/mol. The van der Waals surface area contributed by atoms with E-state index in [0.29, 0.717) is 0 Å². The van der Waals surface area contributed by atoms with Crippen molar-refractivity contribution in [2.24, 2.45) is 0 Å². The Bertz CT molecular complexity index is 545. The quantitative estimate of drug-likeness (QED) is 0.832. The molecule has 2 unspecified atom stereocenters. The van der Waals surface area contributed by atoms with Gasteiger partial charge in [-0.05, 0) is 11.1 Å². The van der Waals surface area contributed by atoms with Crippen LogP contribution in [0.5, 0.6) is 0 Å². The van der Waals surface area contributed by atoms with Crippen LogP contribution < -0.4 is 5.32 Å². The highest BCUT2D eigenvalue weighted by Gasteiger charge is 2.21. The van der Waals surface area contributed by atoms with Gasteiger partial charge >= 0.3 is 0 Å². The van der Waals surface area contributed by atoms with Gasteiger partial charge in [-0.3, -0.25) is 4.79 Å². The molecule has 3 nitrogen and oxygen atoms in total. The van der Waals surface area contributed by atoms with Crippen molar-refractivity contribution < 1.29 is 9.90 Å². The van der Waals surface area contributed by atoms with E-state index in [2.05, 4.69) is 5.32 Å². The average molecular weight is 290 g/mol. The summed E-state index contributed by atoms with van der Waals surface area (Å²) in [6, 6.07) is 18.0. The van der Waals surface area contributed by atoms with Crippen molar-refractivity contribution in [3.8, 4) is 0 Å². The Morgan fingerprint density at radius 3 is 2.00 bits per heavy atom. The van der Waals surface area contributed by atoms with Gasteiger partial charge in [0.2, 0.25) is 5.91 Å². The number of hydrogen-bond donors (Lipinski definition) is 2. The number of carbonyl (C=O) groups is 1. The third kappa shape index (κ3) is 3.59. The number of nitrogens with one attached hydrogen (secondary N) is 1. The molecule has 0 aliphatic carbocycles. The molecule has 0 aromatic heterocycles. The van der Waals surface area contributed by atoms with E-state index in [1.54, 1.807) is 12.1 Å². The van der Waals surface area contributed by atoms with Crippen LogP contribution in [-0.2, 0) is 4.79 Å². The van der Waals surface area contributed by atoms with E-state index >= 15 is 0 Å². The van der Waals surface area contributed by atoms with Gasteiger partial charge in [-0.2, -0.15) is 0 Å². The average Bonchev–Trinajstić information content (AvgIpc) is 2.53. The lowest BCUT2D eigenvalue weighted by Crippen LogP contribution is -2.33. The molecule has 104 valence electrons. The molecule has 2 N–H and O–H groups in total. The smallest absolute Gasteiger partial charge is 0.243 e. The minimum Gasteiger partial charge on any atom is -0.394 e. The minimum absolute atomic E-state index is 0.172. The standard InChI is InChI=1S/C16H16ClNO2/c17-15(13-9-5-2-6-10-13)16(20)18-14(11-19)12-7-3-1-4-8-12/h1-10,14-15,19H,11H2,(H,18,20). The Kier molecular flexibility index (Phi) is 5.16. The maximum absolute atomic E-state index is 12.1. The maximum atomic E-state index is 12.1. The van der Waals surface area contributed by atoms with Crippen LogP contribution in [0.4, 0.5) is 0 Å². The number of amides is 1. The number of aliphatic hydroxyl groups excluding tert-OH is 1. The number of carbonyl (C=O) groups excluding carboxylic acids is 1. The molecular formula is C16H16ClNO2. The van der Waals surface area contributed by atoms with Gasteiger partial charge in [-0.15, -0.1) is 11.6 Å². The van der Waals surface area contributed by atoms with Gasteiger partial charge in [0.05, 0.1) is 12.6 Å². The number of rotatable bonds is 5. The topological polar surface area (TPSA) is 49.3 Å². The number of aliphatic hydroxyl groups is 1. The van der Waals surface area contributed by atoms with E-state index in [9.17, 15) is 9.90 Å². The first-order chi connectivity index (χ1) is 9.72. The van der Waals surface area contributed by atoms with Gasteiger partial charge < -0.3 is 10.4 Å². The molecule has 0 fully saturated rings. The summed E-state index contributed by atoms with van der Waals surface area (Å²) in [5.74, 6) is -0.319. The van der Waals surface area contributed by atoms with Crippen LogP contribution in [-0.4, -0.2) is 17.6 Å². The van der Waals surface area contributed by atoms with E-state index < -0.39 is 11.4 Å². The molecule has 2 rings (SSSR count). The van der Waals surface area contributed by atoms with Gasteiger partial charge in [-0.1, -0.05) is 60.7 Å². The van der Waals surface area contributed by atoms with E-state index in [-0.39, 0.29) is 12.5 Å². The van der Waals surface area contributed by atoms with Crippen molar-refractivity contribution in [1.82, 2.24) is 5.32 Å². The lowest BCUT2D eigenvalue weighted by atomic mass is 10.1. The minimum atomic E-state index is -0.769. The summed E-state index contributed by atoms with van der Waals surface area (Å²) in [5, 5.41) is 11.4. The summed E-state index contributed by atoms with van der Waals surface area (Å²) in [5.41, 5.74) is 1.58. The lowest BCUT2D eigenvalue weighted by Gasteiger charge is -2.19. The third-order valence-corrected chi connectivity index (χ3v) is 3.47. The van der Waals surface area contributed by atoms with Crippen molar-refractivity contribution >= 4 is 17.5 Å². The number of halogens is 1. The predicted octanol–water partition coefficient (Wildman–Crippen LogP) is 2.82. The van der Waals surface area contributed by atoms with Crippen LogP contribution in [0.2, 0.25) is 0 Å². The number of benzene rings is 2. The molecule has 0 saturated heterocycles. The summed E-state index contributed by atoms with van der Waals surface area (Å²) in [7, 11) is 0. The molecule has 0 saturated carbocycles. The fraction of sp³-hybridized carbons (Fsp3) is 0.188. The zero-order valence-electron chi connectivity index (χ0n) is 10.9. The van der Waals surface area contributed by atoms with Crippen LogP contribution in [0.3, 0.4) is 0 Å². The van der Waals surface area contributed by atoms with E-state index in [1.807, 2.05) is 48.5 Å². The second-order valence-electron chi connectivity index (χ2n) is 4.43. The predicted molar refractivity (Wildman–Crippen MR) is 79.4 cm³/mol. The van der Waals surface area contributed by atoms with Crippen molar-refractivity contribution in [2.75, 3.05) is 6.61 Å². The van der Waals surface area contributed by atoms with Crippen molar-refractivity contribution in [3.63, 3.8) is 0 Å². The lowest BCUT2D eigenvalue weighted by molar-refractivity contribution is -0.121. The second-order valence-corrected chi connectivity index (χ2v) is 4.86. The normalized spacial score (nSPS) is 13.5. The Labute approximate surface area is 123 Å². The van der Waals surface area contributed by atoms with Crippen molar-refractivity contribution in [1.29, 1.82) is 0 Å². The van der Waals surface area contributed by atoms with E-state index in [0.717, 1.165) is 11.1 Å². The first-order valence-electron chi connectivity index (χ1n) is 6.37. The molecule has 0 heterocycles. The van der Waals surface area contributed by atoms with Crippen molar-refractivity contribution in [2.45, 2.75) is 11.4 Å². The SMILES string of the molecule is O=C(NC(CO)c1ccccc1)C(Cl)c1ccccc1. The Morgan fingerprint density at radius 2 is 1.50 bits per heavy atom. The van der Waals surface area contributed by atoms with Crippen LogP contribution >= 0.6 is 11.6 Å². The zero-order valence-corrected chi connectivity index (χ0v) is 11.6. The van der Waals surface area contributed by atoms with Gasteiger partial charge in [0, 0.05) is 0 Å². The largest absolute Gasteiger partial charge is 0.394 e. The highest BCUT2D eigenvalue weighted by Crippen LogP contribution is 2.22. The van der Waals surface area contributed by atoms with Crippen molar-refractivity contribution in [3.05, 3.63) is 71.8 Å². The molecule has 0 aliphatic rings. The third-order valence-electron chi connectivity index (χ3n) is 3.02. The molecule has 2 atom stereocenters. The van der Waals surface area contributed by atoms with Gasteiger partial charge in [0.15, 0.2) is 0 Å². The fourth-order valence-electron chi connectivity index (χ4n) is 1.94. The molecule has 0 aliphatic heterocycles. The summed E-state index contributed by atoms with van der Waals surface area (Å²) in [6.45, 7) is -0.172. The zero-order chi connectivity index (χ0) is 14.4. The number of alkyl halides is 1. The second kappa shape index (κ2) is 7.08. The fourth-order valence-corrected chi connectivity index (χ4v) is 2.15. The van der Waals surface area contributed by atoms with Crippen LogP contribution in [0.1, 0.15) is 22.5 Å². The summed E-state index contributed by atoms with van der Waals surface area (Å²) >= 11 is 6.15. The molecule has 1 amide bonds.